The van der Waals surface area contributed by atoms with Gasteiger partial charge < -0.3 is 19.9 Å². The Kier molecular flexibility index (Phi) is 11.8. The van der Waals surface area contributed by atoms with Crippen molar-refractivity contribution in [1.82, 2.24) is 25.4 Å². The van der Waals surface area contributed by atoms with Gasteiger partial charge in [-0.2, -0.15) is 0 Å². The van der Waals surface area contributed by atoms with E-state index in [1.54, 1.807) is 0 Å². The maximum absolute atomic E-state index is 6.08. The number of guanidine groups is 1. The van der Waals surface area contributed by atoms with Crippen LogP contribution in [0.15, 0.2) is 23.2 Å². The maximum atomic E-state index is 6.08. The second kappa shape index (κ2) is 13.5. The van der Waals surface area contributed by atoms with Crippen LogP contribution in [-0.2, 0) is 20.1 Å². The molecule has 0 radical (unpaired) electrons. The number of ether oxygens (including phenoxy) is 1. The van der Waals surface area contributed by atoms with E-state index in [4.69, 9.17) is 9.73 Å². The Balaban J connectivity index is 0.00000450. The van der Waals surface area contributed by atoms with Crippen LogP contribution in [0.5, 0.6) is 5.75 Å². The number of benzene rings is 1. The molecule has 0 saturated heterocycles. The van der Waals surface area contributed by atoms with Gasteiger partial charge in [0.05, 0.1) is 19.7 Å². The molecule has 0 bridgehead atoms. The number of aryl methyl sites for hydroxylation is 2. The molecule has 1 heterocycles. The molecule has 0 unspecified atom stereocenters. The van der Waals surface area contributed by atoms with Crippen LogP contribution >= 0.6 is 24.0 Å². The van der Waals surface area contributed by atoms with E-state index < -0.39 is 0 Å². The van der Waals surface area contributed by atoms with Crippen molar-refractivity contribution in [3.8, 4) is 5.75 Å². The first kappa shape index (κ1) is 26.2. The van der Waals surface area contributed by atoms with Gasteiger partial charge in [0.15, 0.2) is 11.8 Å². The van der Waals surface area contributed by atoms with E-state index in [2.05, 4.69) is 66.7 Å². The van der Waals surface area contributed by atoms with Gasteiger partial charge in [0.25, 0.3) is 0 Å². The number of aromatic nitrogens is 3. The molecule has 0 spiro atoms. The Hall–Kier alpha value is -1.84. The third-order valence-corrected chi connectivity index (χ3v) is 4.75. The average Bonchev–Trinajstić information content (AvgIpc) is 3.00. The summed E-state index contributed by atoms with van der Waals surface area (Å²) in [5.41, 5.74) is 2.28. The fourth-order valence-electron chi connectivity index (χ4n) is 2.87. The van der Waals surface area contributed by atoms with E-state index in [1.165, 1.54) is 12.0 Å². The largest absolute Gasteiger partial charge is 0.493 e. The SMILES string of the molecule is CCNC(=NCc1ccc(C)cc1OCCCC(C)C)NCc1nnc(C)n1C.I. The molecule has 2 aromatic rings. The summed E-state index contributed by atoms with van der Waals surface area (Å²) >= 11 is 0. The molecule has 0 aliphatic carbocycles. The fraction of sp³-hybridized carbons (Fsp3) is 0.591. The summed E-state index contributed by atoms with van der Waals surface area (Å²) in [4.78, 5) is 4.74. The Morgan fingerprint density at radius 2 is 1.97 bits per heavy atom. The minimum atomic E-state index is 0. The lowest BCUT2D eigenvalue weighted by molar-refractivity contribution is 0.295. The van der Waals surface area contributed by atoms with E-state index >= 15 is 0 Å². The number of halogens is 1. The molecule has 168 valence electrons. The van der Waals surface area contributed by atoms with Gasteiger partial charge in [0, 0.05) is 19.2 Å². The second-order valence-electron chi connectivity index (χ2n) is 7.77. The summed E-state index contributed by atoms with van der Waals surface area (Å²) < 4.78 is 8.05. The summed E-state index contributed by atoms with van der Waals surface area (Å²) in [6.07, 6.45) is 2.24. The molecule has 0 atom stereocenters. The van der Waals surface area contributed by atoms with E-state index in [9.17, 15) is 0 Å². The van der Waals surface area contributed by atoms with Crippen molar-refractivity contribution in [3.63, 3.8) is 0 Å². The first-order valence-electron chi connectivity index (χ1n) is 10.5. The highest BCUT2D eigenvalue weighted by Crippen LogP contribution is 2.22. The van der Waals surface area contributed by atoms with Gasteiger partial charge in [0.1, 0.15) is 11.6 Å². The van der Waals surface area contributed by atoms with Crippen molar-refractivity contribution >= 4 is 29.9 Å². The zero-order valence-electron chi connectivity index (χ0n) is 19.2. The van der Waals surface area contributed by atoms with Crippen LogP contribution in [0.1, 0.15) is 56.4 Å². The van der Waals surface area contributed by atoms with Crippen molar-refractivity contribution in [2.75, 3.05) is 13.2 Å². The molecule has 0 fully saturated rings. The third-order valence-electron chi connectivity index (χ3n) is 4.75. The van der Waals surface area contributed by atoms with Gasteiger partial charge in [-0.3, -0.25) is 0 Å². The standard InChI is InChI=1S/C22H36N6O.HI/c1-7-23-22(25-15-21-27-26-18(5)28(21)6)24-14-19-11-10-17(4)13-20(19)29-12-8-9-16(2)3;/h10-11,13,16H,7-9,12,14-15H2,1-6H3,(H2,23,24,25);1H. The van der Waals surface area contributed by atoms with E-state index in [-0.39, 0.29) is 24.0 Å². The van der Waals surface area contributed by atoms with Crippen LogP contribution in [0.25, 0.3) is 0 Å². The van der Waals surface area contributed by atoms with Crippen molar-refractivity contribution < 1.29 is 4.74 Å². The molecule has 0 aliphatic rings. The number of hydrogen-bond donors (Lipinski definition) is 2. The van der Waals surface area contributed by atoms with Gasteiger partial charge in [-0.1, -0.05) is 26.0 Å². The quantitative estimate of drug-likeness (QED) is 0.210. The average molecular weight is 528 g/mol. The number of nitrogens with one attached hydrogen (secondary N) is 2. The molecule has 2 N–H and O–H groups in total. The highest BCUT2D eigenvalue weighted by molar-refractivity contribution is 14.0. The highest BCUT2D eigenvalue weighted by atomic mass is 127. The maximum Gasteiger partial charge on any atom is 0.191 e. The van der Waals surface area contributed by atoms with Gasteiger partial charge >= 0.3 is 0 Å². The summed E-state index contributed by atoms with van der Waals surface area (Å²) in [6, 6.07) is 6.31. The molecule has 1 aromatic carbocycles. The zero-order valence-corrected chi connectivity index (χ0v) is 21.5. The molecule has 0 amide bonds. The van der Waals surface area contributed by atoms with Crippen molar-refractivity contribution in [2.45, 2.75) is 60.5 Å². The minimum absolute atomic E-state index is 0. The first-order chi connectivity index (χ1) is 13.9. The fourth-order valence-corrected chi connectivity index (χ4v) is 2.87. The minimum Gasteiger partial charge on any atom is -0.493 e. The van der Waals surface area contributed by atoms with Crippen LogP contribution in [-0.4, -0.2) is 33.9 Å². The summed E-state index contributed by atoms with van der Waals surface area (Å²) in [7, 11) is 1.96. The molecule has 0 saturated carbocycles. The predicted octanol–water partition coefficient (Wildman–Crippen LogP) is 4.12. The monoisotopic (exact) mass is 528 g/mol. The second-order valence-corrected chi connectivity index (χ2v) is 7.77. The summed E-state index contributed by atoms with van der Waals surface area (Å²) in [5.74, 6) is 4.14. The van der Waals surface area contributed by atoms with Gasteiger partial charge in [-0.15, -0.1) is 34.2 Å². The molecule has 7 nitrogen and oxygen atoms in total. The molecule has 8 heteroatoms. The van der Waals surface area contributed by atoms with Crippen molar-refractivity contribution in [1.29, 1.82) is 0 Å². The zero-order chi connectivity index (χ0) is 21.2. The number of aliphatic imine (C=N–C) groups is 1. The van der Waals surface area contributed by atoms with Crippen LogP contribution in [0.2, 0.25) is 0 Å². The van der Waals surface area contributed by atoms with Crippen LogP contribution < -0.4 is 15.4 Å². The molecule has 2 rings (SSSR count). The van der Waals surface area contributed by atoms with E-state index in [0.717, 1.165) is 48.5 Å². The first-order valence-corrected chi connectivity index (χ1v) is 10.5. The van der Waals surface area contributed by atoms with E-state index in [1.807, 2.05) is 18.5 Å². The Morgan fingerprint density at radius 1 is 1.20 bits per heavy atom. The van der Waals surface area contributed by atoms with Gasteiger partial charge in [-0.25, -0.2) is 4.99 Å². The molecular formula is C22H37IN6O. The topological polar surface area (TPSA) is 76.4 Å². The summed E-state index contributed by atoms with van der Waals surface area (Å²) in [6.45, 7) is 13.2. The number of hydrogen-bond acceptors (Lipinski definition) is 4. The summed E-state index contributed by atoms with van der Waals surface area (Å²) in [5, 5.41) is 14.9. The van der Waals surface area contributed by atoms with Crippen molar-refractivity contribution in [2.24, 2.45) is 18.0 Å². The lowest BCUT2D eigenvalue weighted by atomic mass is 10.1. The van der Waals surface area contributed by atoms with Crippen LogP contribution in [0.4, 0.5) is 0 Å². The molecular weight excluding hydrogens is 491 g/mol. The number of nitrogens with zero attached hydrogens (tertiary/aromatic N) is 4. The number of rotatable bonds is 10. The molecule has 30 heavy (non-hydrogen) atoms. The van der Waals surface area contributed by atoms with Gasteiger partial charge in [-0.05, 0) is 51.2 Å². The lowest BCUT2D eigenvalue weighted by Gasteiger charge is -2.14. The normalized spacial score (nSPS) is 11.4. The van der Waals surface area contributed by atoms with Gasteiger partial charge in [0.2, 0.25) is 0 Å². The Morgan fingerprint density at radius 3 is 2.60 bits per heavy atom. The van der Waals surface area contributed by atoms with Crippen molar-refractivity contribution in [3.05, 3.63) is 41.0 Å². The predicted molar refractivity (Wildman–Crippen MR) is 134 cm³/mol. The Bertz CT molecular complexity index is 803. The smallest absolute Gasteiger partial charge is 0.191 e. The third kappa shape index (κ3) is 8.49. The van der Waals surface area contributed by atoms with E-state index in [0.29, 0.717) is 19.0 Å². The molecule has 1 aromatic heterocycles. The lowest BCUT2D eigenvalue weighted by Crippen LogP contribution is -2.37. The highest BCUT2D eigenvalue weighted by Gasteiger charge is 2.08. The Labute approximate surface area is 198 Å². The van der Waals surface area contributed by atoms with Crippen LogP contribution in [0.3, 0.4) is 0 Å². The molecule has 0 aliphatic heterocycles. The van der Waals surface area contributed by atoms with Crippen LogP contribution in [0, 0.1) is 19.8 Å².